The molecule has 0 amide bonds. The van der Waals surface area contributed by atoms with Gasteiger partial charge in [0.2, 0.25) is 0 Å². The van der Waals surface area contributed by atoms with Gasteiger partial charge in [0.1, 0.15) is 26.4 Å². The molecule has 3 aromatic carbocycles. The molecule has 28 heteroatoms. The van der Waals surface area contributed by atoms with Crippen molar-refractivity contribution in [3.63, 3.8) is 0 Å². The van der Waals surface area contributed by atoms with E-state index >= 15 is 0 Å². The zero-order valence-electron chi connectivity index (χ0n) is 30.2. The molecule has 62 heavy (non-hydrogen) atoms. The Kier molecular flexibility index (Phi) is 44.5. The molecule has 3 rings (SSSR count). The Morgan fingerprint density at radius 1 is 0.500 bits per heavy atom. The van der Waals surface area contributed by atoms with Crippen molar-refractivity contribution in [1.29, 1.82) is 0 Å². The van der Waals surface area contributed by atoms with E-state index in [0.29, 0.717) is 5.56 Å². The number of aromatic carboxylic acids is 3. The molecule has 346 valence electrons. The molecule has 0 saturated carbocycles. The lowest BCUT2D eigenvalue weighted by molar-refractivity contribution is -0.244. The summed E-state index contributed by atoms with van der Waals surface area (Å²) in [6, 6.07) is 15.6. The van der Waals surface area contributed by atoms with Crippen LogP contribution in [0.5, 0.6) is 0 Å². The van der Waals surface area contributed by atoms with Crippen LogP contribution in [0.2, 0.25) is 0 Å². The van der Waals surface area contributed by atoms with Crippen LogP contribution in [0, 0.1) is 0 Å². The zero-order valence-corrected chi connectivity index (χ0v) is 33.2. The van der Waals surface area contributed by atoms with Crippen molar-refractivity contribution < 1.29 is 120 Å². The molecule has 0 spiro atoms. The Balaban J connectivity index is -0.000000174. The number of carboxylic acids is 3. The maximum Gasteiger partial charge on any atom is 0.764 e. The number of carboxylic acid groups (broad SMARTS) is 3. The largest absolute Gasteiger partial charge is 0.764 e. The van der Waals surface area contributed by atoms with Gasteiger partial charge in [0.15, 0.2) is 0 Å². The summed E-state index contributed by atoms with van der Waals surface area (Å²) < 4.78 is 50.3. The molecule has 0 aliphatic heterocycles. The highest BCUT2D eigenvalue weighted by atomic mass is 28.3. The monoisotopic (exact) mass is 940 g/mol. The maximum absolute atomic E-state index is 11.5. The van der Waals surface area contributed by atoms with Gasteiger partial charge in [-0.1, -0.05) is 22.3 Å². The summed E-state index contributed by atoms with van der Waals surface area (Å²) in [4.78, 5) is 99.7. The van der Waals surface area contributed by atoms with Gasteiger partial charge in [0, 0.05) is 0 Å². The summed E-state index contributed by atoms with van der Waals surface area (Å²) in [7, 11) is -6.21. The van der Waals surface area contributed by atoms with Crippen LogP contribution in [0.1, 0.15) is 84.4 Å². The van der Waals surface area contributed by atoms with Crippen LogP contribution in [-0.2, 0) is 51.0 Å². The van der Waals surface area contributed by atoms with Gasteiger partial charge in [-0.25, -0.2) is 28.8 Å². The minimum absolute atomic E-state index is 0. The highest BCUT2D eigenvalue weighted by Gasteiger charge is 2.13. The van der Waals surface area contributed by atoms with E-state index in [1.54, 1.807) is 0 Å². The Labute approximate surface area is 358 Å². The average Bonchev–Trinajstić information content (AvgIpc) is 3.20. The lowest BCUT2D eigenvalue weighted by Crippen LogP contribution is -2.14. The van der Waals surface area contributed by atoms with Crippen molar-refractivity contribution >= 4 is 63.4 Å². The molecule has 0 aliphatic rings. The summed E-state index contributed by atoms with van der Waals surface area (Å²) in [6.45, 7) is -0.999. The van der Waals surface area contributed by atoms with Crippen LogP contribution < -0.4 is 0 Å². The molecule has 25 nitrogen and oxygen atoms in total. The third-order valence-electron chi connectivity index (χ3n) is 5.44. The normalized spacial score (nSPS) is 8.50. The molecule has 0 heterocycles. The van der Waals surface area contributed by atoms with Gasteiger partial charge in [0.05, 0.1) is 53.7 Å². The molecule has 0 radical (unpaired) electrons. The maximum atomic E-state index is 11.5. The number of ether oxygens (including phenoxy) is 1. The van der Waals surface area contributed by atoms with Crippen LogP contribution in [0.3, 0.4) is 0 Å². The van der Waals surface area contributed by atoms with Crippen molar-refractivity contribution in [1.82, 2.24) is 0 Å². The molecular weight excluding hydrogens is 893 g/mol. The third-order valence-corrected chi connectivity index (χ3v) is 6.34. The van der Waals surface area contributed by atoms with Gasteiger partial charge in [-0.15, -0.1) is 0 Å². The SMILES string of the molecule is C.C.C.COC(=O)c1ccc(C(=O)OOCCO[Si](=O)O)cc1.O.O=C(O)c1ccc(C(=O)O)cc1.O=C(O)c1ccc(C(=O)OOCCO[Si](=O)O)cc1.O=[Si]=O.OCCO. The Bertz CT molecular complexity index is 1760. The van der Waals surface area contributed by atoms with Gasteiger partial charge >= 0.3 is 63.4 Å². The van der Waals surface area contributed by atoms with E-state index in [-0.39, 0.29) is 95.2 Å². The van der Waals surface area contributed by atoms with Crippen LogP contribution in [-0.4, -0.2) is 151 Å². The van der Waals surface area contributed by atoms with E-state index < -0.39 is 63.4 Å². The summed E-state index contributed by atoms with van der Waals surface area (Å²) >= 11 is 0. The second kappa shape index (κ2) is 41.1. The van der Waals surface area contributed by atoms with Crippen molar-refractivity contribution in [2.45, 2.75) is 22.3 Å². The van der Waals surface area contributed by atoms with Gasteiger partial charge in [-0.2, -0.15) is 9.78 Å². The second-order valence-corrected chi connectivity index (χ2v) is 11.1. The molecule has 9 N–H and O–H groups in total. The number of hydrogen-bond acceptors (Lipinski definition) is 19. The predicted octanol–water partition coefficient (Wildman–Crippen LogP) is 0.403. The van der Waals surface area contributed by atoms with E-state index in [1.807, 2.05) is 0 Å². The summed E-state index contributed by atoms with van der Waals surface area (Å²) in [5.41, 5.74) is 0.793. The molecule has 0 unspecified atom stereocenters. The first-order valence-corrected chi connectivity index (χ1v) is 18.5. The molecule has 0 saturated heterocycles. The molecule has 0 atom stereocenters. The lowest BCUT2D eigenvalue weighted by Gasteiger charge is -2.04. The standard InChI is InChI=1S/C11H12O8Si.C10H10O8Si.C8H6O4.C2H6O2.3CH4.O2Si.H2O/c1-16-10(12)8-2-4-9(5-3-8)11(13)19-17-6-7-18-20(14)15;11-9(12)7-1-3-8(4-2-7)10(13)18-16-5-6-17-19(14)15;9-7(10)5-1-2-6(4-3-5)8(11)12;3-1-2-4;;;;1-3-2;/h2-5,14H,6-7H2,1H3;1-4,14H,5-6H2,(H,11,12);1-4H,(H,9,10)(H,11,12);3-4H,1-2H2;3*1H4;;1H2. The molecular formula is C34H48O25Si3. The highest BCUT2D eigenvalue weighted by molar-refractivity contribution is 6.24. The first-order valence-electron chi connectivity index (χ1n) is 15.2. The molecule has 0 aliphatic carbocycles. The van der Waals surface area contributed by atoms with Crippen LogP contribution >= 0.6 is 0 Å². The smallest absolute Gasteiger partial charge is 0.511 e. The second-order valence-electron chi connectivity index (χ2n) is 9.28. The topological polar surface area (TPSA) is 408 Å². The number of aliphatic hydroxyl groups excluding tert-OH is 2. The van der Waals surface area contributed by atoms with E-state index in [2.05, 4.69) is 33.1 Å². The summed E-state index contributed by atoms with van der Waals surface area (Å²) in [5.74, 6) is -5.32. The number of hydrogen-bond donors (Lipinski definition) is 7. The Morgan fingerprint density at radius 3 is 0.919 bits per heavy atom. The minimum Gasteiger partial charge on any atom is -0.511 e. The Morgan fingerprint density at radius 2 is 0.726 bits per heavy atom. The van der Waals surface area contributed by atoms with Crippen LogP contribution in [0.4, 0.5) is 0 Å². The van der Waals surface area contributed by atoms with E-state index in [4.69, 9.17) is 44.0 Å². The molecule has 0 aromatic heterocycles. The molecule has 0 bridgehead atoms. The first kappa shape index (κ1) is 67.1. The van der Waals surface area contributed by atoms with Crippen molar-refractivity contribution in [3.8, 4) is 0 Å². The van der Waals surface area contributed by atoms with Crippen molar-refractivity contribution in [2.75, 3.05) is 46.8 Å². The predicted molar refractivity (Wildman–Crippen MR) is 209 cm³/mol. The minimum atomic E-state index is -3.03. The lowest BCUT2D eigenvalue weighted by atomic mass is 10.1. The fourth-order valence-electron chi connectivity index (χ4n) is 2.98. The van der Waals surface area contributed by atoms with E-state index in [0.717, 1.165) is 0 Å². The quantitative estimate of drug-likeness (QED) is 0.0317. The Hall–Kier alpha value is -6.67. The van der Waals surface area contributed by atoms with Gasteiger partial charge in [0.25, 0.3) is 0 Å². The number of carbonyl (C=O) groups is 6. The highest BCUT2D eigenvalue weighted by Crippen LogP contribution is 2.08. The summed E-state index contributed by atoms with van der Waals surface area (Å²) in [5, 5.41) is 40.8. The number of esters is 1. The van der Waals surface area contributed by atoms with Gasteiger partial charge in [-0.05, 0) is 72.8 Å². The summed E-state index contributed by atoms with van der Waals surface area (Å²) in [6.07, 6.45) is 0. The number of benzene rings is 3. The van der Waals surface area contributed by atoms with Gasteiger partial charge < -0.3 is 54.2 Å². The number of methoxy groups -OCH3 is 1. The fraction of sp³-hybridized carbons (Fsp3) is 0.294. The van der Waals surface area contributed by atoms with Crippen LogP contribution in [0.25, 0.3) is 0 Å². The average molecular weight is 941 g/mol. The number of carbonyl (C=O) groups excluding carboxylic acids is 3. The van der Waals surface area contributed by atoms with E-state index in [1.165, 1.54) is 79.9 Å². The molecule has 0 fully saturated rings. The first-order chi connectivity index (χ1) is 27.5. The number of aliphatic hydroxyl groups is 2. The van der Waals surface area contributed by atoms with Crippen molar-refractivity contribution in [3.05, 3.63) is 106 Å². The van der Waals surface area contributed by atoms with Crippen molar-refractivity contribution in [2.24, 2.45) is 0 Å². The van der Waals surface area contributed by atoms with Gasteiger partial charge in [-0.3, -0.25) is 27.6 Å². The molecule has 3 aromatic rings. The fourth-order valence-corrected chi connectivity index (χ4v) is 3.49. The van der Waals surface area contributed by atoms with E-state index in [9.17, 15) is 37.7 Å². The zero-order chi connectivity index (χ0) is 44.5. The van der Waals surface area contributed by atoms with Crippen LogP contribution in [0.15, 0.2) is 72.8 Å². The third kappa shape index (κ3) is 33.2. The number of rotatable bonds is 17.